The van der Waals surface area contributed by atoms with Crippen LogP contribution in [0.2, 0.25) is 5.02 Å². The molecule has 2 rings (SSSR count). The van der Waals surface area contributed by atoms with Crippen LogP contribution in [0.3, 0.4) is 0 Å². The summed E-state index contributed by atoms with van der Waals surface area (Å²) in [6.07, 6.45) is 0. The van der Waals surface area contributed by atoms with Gasteiger partial charge in [-0.2, -0.15) is 0 Å². The first-order chi connectivity index (χ1) is 9.99. The van der Waals surface area contributed by atoms with Crippen molar-refractivity contribution < 1.29 is 14.1 Å². The van der Waals surface area contributed by atoms with Gasteiger partial charge in [0.05, 0.1) is 10.5 Å². The molecule has 0 amide bonds. The Bertz CT molecular complexity index is 681. The van der Waals surface area contributed by atoms with Gasteiger partial charge in [0, 0.05) is 22.5 Å². The SMILES string of the molecule is O=[N+]([O-])c1ccc(Cl)cc1COc1cc(F)cc(CBr)c1. The Labute approximate surface area is 133 Å². The first kappa shape index (κ1) is 15.7. The summed E-state index contributed by atoms with van der Waals surface area (Å²) >= 11 is 9.06. The van der Waals surface area contributed by atoms with Gasteiger partial charge >= 0.3 is 0 Å². The van der Waals surface area contributed by atoms with Gasteiger partial charge in [0.15, 0.2) is 0 Å². The van der Waals surface area contributed by atoms with E-state index in [2.05, 4.69) is 15.9 Å². The van der Waals surface area contributed by atoms with Gasteiger partial charge in [0.25, 0.3) is 5.69 Å². The summed E-state index contributed by atoms with van der Waals surface area (Å²) in [6.45, 7) is -0.0674. The quantitative estimate of drug-likeness (QED) is 0.426. The highest BCUT2D eigenvalue weighted by Crippen LogP contribution is 2.25. The fraction of sp³-hybridized carbons (Fsp3) is 0.143. The molecule has 0 aliphatic carbocycles. The summed E-state index contributed by atoms with van der Waals surface area (Å²) in [7, 11) is 0. The Balaban J connectivity index is 2.22. The van der Waals surface area contributed by atoms with Crippen LogP contribution < -0.4 is 4.74 Å². The zero-order valence-electron chi connectivity index (χ0n) is 10.7. The number of hydrogen-bond acceptors (Lipinski definition) is 3. The lowest BCUT2D eigenvalue weighted by Crippen LogP contribution is -2.01. The predicted octanol–water partition coefficient (Wildman–Crippen LogP) is 4.86. The van der Waals surface area contributed by atoms with E-state index in [0.717, 1.165) is 0 Å². The molecule has 0 spiro atoms. The summed E-state index contributed by atoms with van der Waals surface area (Å²) in [4.78, 5) is 10.4. The van der Waals surface area contributed by atoms with Crippen LogP contribution in [0.15, 0.2) is 36.4 Å². The highest BCUT2D eigenvalue weighted by Gasteiger charge is 2.14. The molecular formula is C14H10BrClFNO3. The summed E-state index contributed by atoms with van der Waals surface area (Å²) in [5.74, 6) is -0.124. The predicted molar refractivity (Wildman–Crippen MR) is 81.5 cm³/mol. The standard InChI is InChI=1S/C14H10BrClFNO3/c15-7-9-3-12(17)6-13(4-9)21-8-10-5-11(16)1-2-14(10)18(19)20/h1-6H,7-8H2. The van der Waals surface area contributed by atoms with Crippen LogP contribution in [0.5, 0.6) is 5.75 Å². The smallest absolute Gasteiger partial charge is 0.276 e. The van der Waals surface area contributed by atoms with Gasteiger partial charge in [0.2, 0.25) is 0 Å². The molecule has 0 aromatic heterocycles. The van der Waals surface area contributed by atoms with Crippen molar-refractivity contribution in [3.05, 3.63) is 68.5 Å². The second-order valence-electron chi connectivity index (χ2n) is 4.25. The Kier molecular flexibility index (Phi) is 5.14. The topological polar surface area (TPSA) is 52.4 Å². The van der Waals surface area contributed by atoms with Crippen molar-refractivity contribution in [2.75, 3.05) is 0 Å². The molecular weight excluding hydrogens is 365 g/mol. The molecule has 0 radical (unpaired) electrons. The monoisotopic (exact) mass is 373 g/mol. The highest BCUT2D eigenvalue weighted by atomic mass is 79.9. The lowest BCUT2D eigenvalue weighted by Gasteiger charge is -2.08. The van der Waals surface area contributed by atoms with E-state index >= 15 is 0 Å². The van der Waals surface area contributed by atoms with Crippen LogP contribution in [0.25, 0.3) is 0 Å². The number of rotatable bonds is 5. The van der Waals surface area contributed by atoms with Gasteiger partial charge in [-0.15, -0.1) is 0 Å². The van der Waals surface area contributed by atoms with Gasteiger partial charge in [-0.05, 0) is 29.8 Å². The van der Waals surface area contributed by atoms with E-state index in [0.29, 0.717) is 27.2 Å². The van der Waals surface area contributed by atoms with Crippen LogP contribution in [-0.2, 0) is 11.9 Å². The van der Waals surface area contributed by atoms with Crippen molar-refractivity contribution in [3.8, 4) is 5.75 Å². The second-order valence-corrected chi connectivity index (χ2v) is 5.24. The molecule has 0 unspecified atom stereocenters. The molecule has 110 valence electrons. The molecule has 0 saturated carbocycles. The van der Waals surface area contributed by atoms with Crippen LogP contribution >= 0.6 is 27.5 Å². The maximum atomic E-state index is 13.4. The van der Waals surface area contributed by atoms with E-state index in [1.807, 2.05) is 0 Å². The van der Waals surface area contributed by atoms with Crippen molar-refractivity contribution in [2.45, 2.75) is 11.9 Å². The molecule has 0 aliphatic rings. The maximum Gasteiger partial charge on any atom is 0.276 e. The van der Waals surface area contributed by atoms with Gasteiger partial charge in [0.1, 0.15) is 18.2 Å². The first-order valence-corrected chi connectivity index (χ1v) is 7.40. The molecule has 0 bridgehead atoms. The molecule has 4 nitrogen and oxygen atoms in total. The minimum Gasteiger partial charge on any atom is -0.489 e. The molecule has 21 heavy (non-hydrogen) atoms. The van der Waals surface area contributed by atoms with E-state index in [9.17, 15) is 14.5 Å². The van der Waals surface area contributed by atoms with Gasteiger partial charge < -0.3 is 4.74 Å². The van der Waals surface area contributed by atoms with Gasteiger partial charge in [-0.25, -0.2) is 4.39 Å². The van der Waals surface area contributed by atoms with E-state index in [-0.39, 0.29) is 12.3 Å². The second kappa shape index (κ2) is 6.87. The van der Waals surface area contributed by atoms with Crippen molar-refractivity contribution in [3.63, 3.8) is 0 Å². The fourth-order valence-electron chi connectivity index (χ4n) is 1.79. The first-order valence-electron chi connectivity index (χ1n) is 5.90. The Morgan fingerprint density at radius 2 is 2.05 bits per heavy atom. The van der Waals surface area contributed by atoms with Crippen LogP contribution in [0.4, 0.5) is 10.1 Å². The van der Waals surface area contributed by atoms with Crippen molar-refractivity contribution in [1.29, 1.82) is 0 Å². The summed E-state index contributed by atoms with van der Waals surface area (Å²) in [6, 6.07) is 8.48. The van der Waals surface area contributed by atoms with E-state index in [1.54, 1.807) is 6.07 Å². The molecule has 0 N–H and O–H groups in total. The minimum atomic E-state index is -0.509. The number of alkyl halides is 1. The zero-order chi connectivity index (χ0) is 15.4. The third kappa shape index (κ3) is 4.15. The van der Waals surface area contributed by atoms with Crippen LogP contribution in [0, 0.1) is 15.9 Å². The Morgan fingerprint density at radius 1 is 1.29 bits per heavy atom. The fourth-order valence-corrected chi connectivity index (χ4v) is 2.31. The van der Waals surface area contributed by atoms with Crippen molar-refractivity contribution >= 4 is 33.2 Å². The third-order valence-electron chi connectivity index (χ3n) is 2.72. The Hall–Kier alpha value is -1.66. The average molecular weight is 375 g/mol. The molecule has 0 heterocycles. The number of benzene rings is 2. The average Bonchev–Trinajstić information content (AvgIpc) is 2.44. The molecule has 7 heteroatoms. The van der Waals surface area contributed by atoms with E-state index in [1.165, 1.54) is 30.3 Å². The van der Waals surface area contributed by atoms with Crippen molar-refractivity contribution in [2.24, 2.45) is 0 Å². The molecule has 0 atom stereocenters. The summed E-state index contributed by atoms with van der Waals surface area (Å²) in [5.41, 5.74) is 0.958. The lowest BCUT2D eigenvalue weighted by atomic mass is 10.2. The number of halogens is 3. The number of nitro groups is 1. The molecule has 0 fully saturated rings. The number of hydrogen-bond donors (Lipinski definition) is 0. The normalized spacial score (nSPS) is 10.4. The summed E-state index contributed by atoms with van der Waals surface area (Å²) < 4.78 is 18.8. The zero-order valence-corrected chi connectivity index (χ0v) is 13.0. The Morgan fingerprint density at radius 3 is 2.71 bits per heavy atom. The van der Waals surface area contributed by atoms with Crippen LogP contribution in [0.1, 0.15) is 11.1 Å². The van der Waals surface area contributed by atoms with Gasteiger partial charge in [-0.1, -0.05) is 27.5 Å². The maximum absolute atomic E-state index is 13.4. The highest BCUT2D eigenvalue weighted by molar-refractivity contribution is 9.08. The molecule has 0 saturated heterocycles. The lowest BCUT2D eigenvalue weighted by molar-refractivity contribution is -0.385. The van der Waals surface area contributed by atoms with Crippen molar-refractivity contribution in [1.82, 2.24) is 0 Å². The minimum absolute atomic E-state index is 0.0674. The largest absolute Gasteiger partial charge is 0.489 e. The number of nitro benzene ring substituents is 1. The summed E-state index contributed by atoms with van der Waals surface area (Å²) in [5, 5.41) is 11.8. The van der Waals surface area contributed by atoms with Crippen LogP contribution in [-0.4, -0.2) is 4.92 Å². The number of nitrogens with zero attached hydrogens (tertiary/aromatic N) is 1. The van der Waals surface area contributed by atoms with E-state index in [4.69, 9.17) is 16.3 Å². The molecule has 2 aromatic rings. The van der Waals surface area contributed by atoms with E-state index < -0.39 is 10.7 Å². The third-order valence-corrected chi connectivity index (χ3v) is 3.60. The number of ether oxygens (including phenoxy) is 1. The van der Waals surface area contributed by atoms with Gasteiger partial charge in [-0.3, -0.25) is 10.1 Å². The molecule has 2 aromatic carbocycles. The molecule has 0 aliphatic heterocycles.